The van der Waals surface area contributed by atoms with Crippen LogP contribution >= 0.6 is 15.9 Å². The van der Waals surface area contributed by atoms with Crippen LogP contribution in [0.1, 0.15) is 38.5 Å². The summed E-state index contributed by atoms with van der Waals surface area (Å²) >= 11 is 3.39. The molecule has 1 aromatic rings. The molecule has 1 saturated carbocycles. The Kier molecular flexibility index (Phi) is 3.81. The van der Waals surface area contributed by atoms with Gasteiger partial charge in [0.1, 0.15) is 5.82 Å². The monoisotopic (exact) mass is 327 g/mol. The molecule has 1 N–H and O–H groups in total. The third-order valence-corrected chi connectivity index (χ3v) is 4.79. The van der Waals surface area contributed by atoms with Crippen molar-refractivity contribution in [2.45, 2.75) is 50.2 Å². The quantitative estimate of drug-likeness (QED) is 0.863. The third kappa shape index (κ3) is 2.95. The van der Waals surface area contributed by atoms with Crippen molar-refractivity contribution in [2.75, 3.05) is 11.9 Å². The Balaban J connectivity index is 1.70. The average Bonchev–Trinajstić information content (AvgIpc) is 2.82. The third-order valence-electron chi connectivity index (χ3n) is 4.30. The van der Waals surface area contributed by atoms with Gasteiger partial charge in [-0.2, -0.15) is 0 Å². The molecule has 2 fully saturated rings. The predicted molar refractivity (Wildman–Crippen MR) is 77.9 cm³/mol. The van der Waals surface area contributed by atoms with Crippen LogP contribution in [0.2, 0.25) is 0 Å². The zero-order valence-corrected chi connectivity index (χ0v) is 12.5. The summed E-state index contributed by atoms with van der Waals surface area (Å²) in [4.78, 5) is 0. The molecule has 1 aliphatic carbocycles. The van der Waals surface area contributed by atoms with E-state index in [2.05, 4.69) is 21.2 Å². The summed E-state index contributed by atoms with van der Waals surface area (Å²) in [5, 5.41) is 3.36. The van der Waals surface area contributed by atoms with Crippen molar-refractivity contribution in [3.05, 3.63) is 28.5 Å². The van der Waals surface area contributed by atoms with Crippen LogP contribution in [0.4, 0.5) is 10.1 Å². The summed E-state index contributed by atoms with van der Waals surface area (Å²) in [5.74, 6) is -0.185. The van der Waals surface area contributed by atoms with Crippen molar-refractivity contribution in [3.63, 3.8) is 0 Å². The molecule has 0 aromatic heterocycles. The lowest BCUT2D eigenvalue weighted by atomic mass is 9.89. The van der Waals surface area contributed by atoms with Crippen LogP contribution in [0.15, 0.2) is 22.7 Å². The number of rotatable bonds is 2. The minimum absolute atomic E-state index is 0.0679. The Bertz CT molecular complexity index is 459. The maximum absolute atomic E-state index is 13.8. The van der Waals surface area contributed by atoms with Crippen LogP contribution < -0.4 is 5.32 Å². The molecule has 1 aliphatic heterocycles. The molecule has 104 valence electrons. The van der Waals surface area contributed by atoms with Gasteiger partial charge in [-0.05, 0) is 43.9 Å². The van der Waals surface area contributed by atoms with E-state index in [1.54, 1.807) is 6.07 Å². The Morgan fingerprint density at radius 2 is 2.11 bits per heavy atom. The summed E-state index contributed by atoms with van der Waals surface area (Å²) in [5.41, 5.74) is 0.660. The standard InChI is InChI=1S/C15H19BrFNO/c16-11-3-4-13(17)14(9-11)18-12-5-8-19-15(10-12)6-1-2-7-15/h3-4,9,12,18H,1-2,5-8,10H2. The first kappa shape index (κ1) is 13.4. The maximum Gasteiger partial charge on any atom is 0.146 e. The van der Waals surface area contributed by atoms with E-state index in [1.807, 2.05) is 6.07 Å². The van der Waals surface area contributed by atoms with Crippen molar-refractivity contribution in [1.82, 2.24) is 0 Å². The summed E-state index contributed by atoms with van der Waals surface area (Å²) in [6.07, 6.45) is 6.79. The van der Waals surface area contributed by atoms with Gasteiger partial charge >= 0.3 is 0 Å². The Labute approximate surface area is 121 Å². The van der Waals surface area contributed by atoms with Gasteiger partial charge in [0.2, 0.25) is 0 Å². The van der Waals surface area contributed by atoms with E-state index in [0.717, 1.165) is 36.8 Å². The molecule has 2 nitrogen and oxygen atoms in total. The molecule has 1 atom stereocenters. The summed E-state index contributed by atoms with van der Waals surface area (Å²) in [6, 6.07) is 5.35. The normalized spacial score (nSPS) is 25.7. The number of ether oxygens (including phenoxy) is 1. The molecule has 1 saturated heterocycles. The molecule has 19 heavy (non-hydrogen) atoms. The Morgan fingerprint density at radius 3 is 2.89 bits per heavy atom. The van der Waals surface area contributed by atoms with E-state index >= 15 is 0 Å². The molecule has 2 aliphatic rings. The lowest BCUT2D eigenvalue weighted by Gasteiger charge is -2.39. The fourth-order valence-electron chi connectivity index (χ4n) is 3.35. The molecule has 0 bridgehead atoms. The van der Waals surface area contributed by atoms with Gasteiger partial charge in [0.15, 0.2) is 0 Å². The van der Waals surface area contributed by atoms with Gasteiger partial charge in [-0.15, -0.1) is 0 Å². The van der Waals surface area contributed by atoms with Crippen LogP contribution in [0.25, 0.3) is 0 Å². The fourth-order valence-corrected chi connectivity index (χ4v) is 3.71. The van der Waals surface area contributed by atoms with Gasteiger partial charge in [0.25, 0.3) is 0 Å². The van der Waals surface area contributed by atoms with E-state index < -0.39 is 0 Å². The van der Waals surface area contributed by atoms with Crippen molar-refractivity contribution >= 4 is 21.6 Å². The molecule has 0 amide bonds. The highest BCUT2D eigenvalue weighted by Crippen LogP contribution is 2.40. The average molecular weight is 328 g/mol. The number of benzene rings is 1. The highest BCUT2D eigenvalue weighted by molar-refractivity contribution is 9.10. The van der Waals surface area contributed by atoms with Gasteiger partial charge in [-0.3, -0.25) is 0 Å². The molecule has 1 aromatic carbocycles. The number of halogens is 2. The number of hydrogen-bond acceptors (Lipinski definition) is 2. The van der Waals surface area contributed by atoms with Gasteiger partial charge in [-0.25, -0.2) is 4.39 Å². The zero-order valence-electron chi connectivity index (χ0n) is 10.9. The van der Waals surface area contributed by atoms with E-state index in [0.29, 0.717) is 11.7 Å². The van der Waals surface area contributed by atoms with Gasteiger partial charge in [-0.1, -0.05) is 28.8 Å². The van der Waals surface area contributed by atoms with Crippen LogP contribution in [0, 0.1) is 5.82 Å². The second kappa shape index (κ2) is 5.41. The molecule has 4 heteroatoms. The first-order chi connectivity index (χ1) is 9.17. The highest BCUT2D eigenvalue weighted by atomic mass is 79.9. The van der Waals surface area contributed by atoms with Crippen molar-refractivity contribution in [2.24, 2.45) is 0 Å². The van der Waals surface area contributed by atoms with Crippen LogP contribution in [-0.2, 0) is 4.74 Å². The summed E-state index contributed by atoms with van der Waals surface area (Å²) in [6.45, 7) is 0.785. The molecule has 1 unspecified atom stereocenters. The van der Waals surface area contributed by atoms with Crippen molar-refractivity contribution in [3.8, 4) is 0 Å². The van der Waals surface area contributed by atoms with E-state index in [1.165, 1.54) is 18.9 Å². The van der Waals surface area contributed by atoms with Gasteiger partial charge < -0.3 is 10.1 Å². The first-order valence-electron chi connectivity index (χ1n) is 7.02. The zero-order chi connectivity index (χ0) is 13.3. The molecule has 0 radical (unpaired) electrons. The van der Waals surface area contributed by atoms with E-state index in [4.69, 9.17) is 4.74 Å². The lowest BCUT2D eigenvalue weighted by molar-refractivity contribution is -0.0767. The largest absolute Gasteiger partial charge is 0.380 e. The fraction of sp³-hybridized carbons (Fsp3) is 0.600. The predicted octanol–water partition coefficient (Wildman–Crippen LogP) is 4.49. The van der Waals surface area contributed by atoms with E-state index in [-0.39, 0.29) is 11.4 Å². The molecule has 1 spiro atoms. The van der Waals surface area contributed by atoms with Crippen molar-refractivity contribution < 1.29 is 9.13 Å². The minimum atomic E-state index is -0.185. The number of anilines is 1. The molecular weight excluding hydrogens is 309 g/mol. The Hall–Kier alpha value is -0.610. The van der Waals surface area contributed by atoms with Crippen LogP contribution in [-0.4, -0.2) is 18.2 Å². The SMILES string of the molecule is Fc1ccc(Br)cc1NC1CCOC2(CCCC2)C1. The van der Waals surface area contributed by atoms with Crippen LogP contribution in [0.3, 0.4) is 0 Å². The highest BCUT2D eigenvalue weighted by Gasteiger charge is 2.39. The lowest BCUT2D eigenvalue weighted by Crippen LogP contribution is -2.42. The summed E-state index contributed by atoms with van der Waals surface area (Å²) < 4.78 is 20.7. The maximum atomic E-state index is 13.8. The van der Waals surface area contributed by atoms with E-state index in [9.17, 15) is 4.39 Å². The van der Waals surface area contributed by atoms with Gasteiger partial charge in [0, 0.05) is 17.1 Å². The second-order valence-electron chi connectivity index (χ2n) is 5.70. The Morgan fingerprint density at radius 1 is 1.32 bits per heavy atom. The minimum Gasteiger partial charge on any atom is -0.380 e. The smallest absolute Gasteiger partial charge is 0.146 e. The first-order valence-corrected chi connectivity index (χ1v) is 7.82. The molecule has 3 rings (SSSR count). The van der Waals surface area contributed by atoms with Gasteiger partial charge in [0.05, 0.1) is 11.3 Å². The second-order valence-corrected chi connectivity index (χ2v) is 6.61. The topological polar surface area (TPSA) is 21.3 Å². The molecule has 1 heterocycles. The number of hydrogen-bond donors (Lipinski definition) is 1. The summed E-state index contributed by atoms with van der Waals surface area (Å²) in [7, 11) is 0. The molecular formula is C15H19BrFNO. The number of nitrogens with one attached hydrogen (secondary N) is 1. The van der Waals surface area contributed by atoms with Crippen molar-refractivity contribution in [1.29, 1.82) is 0 Å². The van der Waals surface area contributed by atoms with Crippen LogP contribution in [0.5, 0.6) is 0 Å².